The van der Waals surface area contributed by atoms with Gasteiger partial charge in [0.25, 0.3) is 10.0 Å². The van der Waals surface area contributed by atoms with Crippen LogP contribution >= 0.6 is 0 Å². The maximum Gasteiger partial charge on any atom is 0.261 e. The predicted molar refractivity (Wildman–Crippen MR) is 94.7 cm³/mol. The van der Waals surface area contributed by atoms with Gasteiger partial charge in [-0.1, -0.05) is 0 Å². The van der Waals surface area contributed by atoms with Crippen molar-refractivity contribution < 1.29 is 13.2 Å². The number of amides is 1. The van der Waals surface area contributed by atoms with Gasteiger partial charge in [-0.25, -0.2) is 8.42 Å². The van der Waals surface area contributed by atoms with Crippen LogP contribution in [0.25, 0.3) is 0 Å². The van der Waals surface area contributed by atoms with E-state index in [9.17, 15) is 13.2 Å². The number of nitriles is 1. The molecule has 0 bridgehead atoms. The van der Waals surface area contributed by atoms with Gasteiger partial charge < -0.3 is 4.90 Å². The molecule has 1 aliphatic heterocycles. The van der Waals surface area contributed by atoms with Gasteiger partial charge in [-0.05, 0) is 61.4 Å². The molecule has 1 amide bonds. The quantitative estimate of drug-likeness (QED) is 0.916. The molecule has 2 aromatic carbocycles. The first-order valence-corrected chi connectivity index (χ1v) is 9.26. The molecule has 7 heteroatoms. The van der Waals surface area contributed by atoms with E-state index in [-0.39, 0.29) is 16.8 Å². The van der Waals surface area contributed by atoms with E-state index in [1.807, 2.05) is 13.0 Å². The summed E-state index contributed by atoms with van der Waals surface area (Å²) in [6, 6.07) is 13.0. The third kappa shape index (κ3) is 3.21. The molecule has 2 aromatic rings. The van der Waals surface area contributed by atoms with Crippen LogP contribution in [0.1, 0.15) is 25.0 Å². The monoisotopic (exact) mass is 355 g/mol. The van der Waals surface area contributed by atoms with Crippen molar-refractivity contribution >= 4 is 27.3 Å². The van der Waals surface area contributed by atoms with Crippen molar-refractivity contribution in [1.82, 2.24) is 0 Å². The van der Waals surface area contributed by atoms with Gasteiger partial charge in [-0.2, -0.15) is 5.26 Å². The molecule has 1 aliphatic rings. The molecule has 1 unspecified atom stereocenters. The Bertz CT molecular complexity index is 976. The molecule has 0 aliphatic carbocycles. The number of fused-ring (bicyclic) bond motifs is 1. The van der Waals surface area contributed by atoms with Gasteiger partial charge in [0.05, 0.1) is 16.5 Å². The molecule has 0 saturated carbocycles. The van der Waals surface area contributed by atoms with Crippen molar-refractivity contribution in [2.45, 2.75) is 31.2 Å². The maximum absolute atomic E-state index is 12.6. The van der Waals surface area contributed by atoms with E-state index in [0.29, 0.717) is 17.7 Å². The summed E-state index contributed by atoms with van der Waals surface area (Å²) < 4.78 is 27.7. The SMILES string of the molecule is CC(=O)N1c2ccc(S(=O)(=O)Nc3ccc(C#N)cc3)cc2CC1C. The topological polar surface area (TPSA) is 90.3 Å². The molecule has 0 saturated heterocycles. The number of nitrogens with zero attached hydrogens (tertiary/aromatic N) is 2. The van der Waals surface area contributed by atoms with Crippen molar-refractivity contribution in [2.75, 3.05) is 9.62 Å². The Balaban J connectivity index is 1.90. The Morgan fingerprint density at radius 1 is 1.24 bits per heavy atom. The van der Waals surface area contributed by atoms with Crippen LogP contribution in [0.15, 0.2) is 47.4 Å². The van der Waals surface area contributed by atoms with Crippen molar-refractivity contribution in [2.24, 2.45) is 0 Å². The number of benzene rings is 2. The normalized spacial score (nSPS) is 16.2. The summed E-state index contributed by atoms with van der Waals surface area (Å²) in [5.41, 5.74) is 2.44. The zero-order chi connectivity index (χ0) is 18.2. The van der Waals surface area contributed by atoms with Crippen molar-refractivity contribution in [3.63, 3.8) is 0 Å². The minimum atomic E-state index is -3.75. The molecule has 128 valence electrons. The number of hydrogen-bond acceptors (Lipinski definition) is 4. The summed E-state index contributed by atoms with van der Waals surface area (Å²) in [5.74, 6) is -0.0578. The smallest absolute Gasteiger partial charge is 0.261 e. The lowest BCUT2D eigenvalue weighted by atomic mass is 10.1. The highest BCUT2D eigenvalue weighted by Crippen LogP contribution is 2.34. The number of anilines is 2. The van der Waals surface area contributed by atoms with E-state index in [0.717, 1.165) is 11.3 Å². The second kappa shape index (κ2) is 6.22. The third-order valence-corrected chi connectivity index (χ3v) is 5.56. The molecule has 0 fully saturated rings. The third-order valence-electron chi connectivity index (χ3n) is 4.18. The number of carbonyl (C=O) groups is 1. The molecular weight excluding hydrogens is 338 g/mol. The van der Waals surface area contributed by atoms with E-state index in [1.165, 1.54) is 13.0 Å². The lowest BCUT2D eigenvalue weighted by Gasteiger charge is -2.20. The average Bonchev–Trinajstić information content (AvgIpc) is 2.90. The van der Waals surface area contributed by atoms with E-state index in [4.69, 9.17) is 5.26 Å². The van der Waals surface area contributed by atoms with Crippen molar-refractivity contribution in [3.8, 4) is 6.07 Å². The molecule has 25 heavy (non-hydrogen) atoms. The Kier molecular flexibility index (Phi) is 4.23. The molecule has 3 rings (SSSR count). The summed E-state index contributed by atoms with van der Waals surface area (Å²) in [6.07, 6.45) is 0.620. The highest BCUT2D eigenvalue weighted by Gasteiger charge is 2.30. The lowest BCUT2D eigenvalue weighted by Crippen LogP contribution is -2.33. The summed E-state index contributed by atoms with van der Waals surface area (Å²) in [6.45, 7) is 3.44. The standard InChI is InChI=1S/C18H17N3O3S/c1-12-9-15-10-17(7-8-18(15)21(12)13(2)22)25(23,24)20-16-5-3-14(11-19)4-6-16/h3-8,10,12,20H,9H2,1-2H3. The van der Waals surface area contributed by atoms with Crippen molar-refractivity contribution in [3.05, 3.63) is 53.6 Å². The summed E-state index contributed by atoms with van der Waals surface area (Å²) in [7, 11) is -3.75. The zero-order valence-corrected chi connectivity index (χ0v) is 14.7. The van der Waals surface area contributed by atoms with Crippen LogP contribution in [0.5, 0.6) is 0 Å². The predicted octanol–water partition coefficient (Wildman–Crippen LogP) is 2.66. The van der Waals surface area contributed by atoms with Gasteiger partial charge >= 0.3 is 0 Å². The number of sulfonamides is 1. The minimum Gasteiger partial charge on any atom is -0.309 e. The van der Waals surface area contributed by atoms with Crippen molar-refractivity contribution in [1.29, 1.82) is 5.26 Å². The molecule has 1 N–H and O–H groups in total. The van der Waals surface area contributed by atoms with E-state index >= 15 is 0 Å². The largest absolute Gasteiger partial charge is 0.309 e. The van der Waals surface area contributed by atoms with Crippen LogP contribution in [0, 0.1) is 11.3 Å². The van der Waals surface area contributed by atoms with E-state index < -0.39 is 10.0 Å². The van der Waals surface area contributed by atoms with Crippen LogP contribution in [-0.4, -0.2) is 20.4 Å². The number of rotatable bonds is 3. The molecule has 6 nitrogen and oxygen atoms in total. The van der Waals surface area contributed by atoms with Crippen LogP contribution in [0.4, 0.5) is 11.4 Å². The van der Waals surface area contributed by atoms with Gasteiger partial charge in [-0.15, -0.1) is 0 Å². The molecule has 1 heterocycles. The van der Waals surface area contributed by atoms with E-state index in [1.54, 1.807) is 41.3 Å². The molecule has 0 radical (unpaired) electrons. The fourth-order valence-electron chi connectivity index (χ4n) is 3.08. The van der Waals surface area contributed by atoms with E-state index in [2.05, 4.69) is 4.72 Å². The Labute approximate surface area is 146 Å². The summed E-state index contributed by atoms with van der Waals surface area (Å²) in [4.78, 5) is 13.6. The summed E-state index contributed by atoms with van der Waals surface area (Å²) in [5, 5.41) is 8.79. The van der Waals surface area contributed by atoms with Gasteiger partial charge in [0.1, 0.15) is 0 Å². The minimum absolute atomic E-state index is 0.0111. The number of hydrogen-bond donors (Lipinski definition) is 1. The highest BCUT2D eigenvalue weighted by atomic mass is 32.2. The van der Waals surface area contributed by atoms with Crippen LogP contribution in [0.2, 0.25) is 0 Å². The van der Waals surface area contributed by atoms with Crippen LogP contribution in [0.3, 0.4) is 0 Å². The first kappa shape index (κ1) is 17.0. The molecular formula is C18H17N3O3S. The maximum atomic E-state index is 12.6. The second-order valence-corrected chi connectivity index (χ2v) is 7.71. The lowest BCUT2D eigenvalue weighted by molar-refractivity contribution is -0.116. The van der Waals surface area contributed by atoms with Gasteiger partial charge in [0.15, 0.2) is 0 Å². The first-order chi connectivity index (χ1) is 11.8. The Morgan fingerprint density at radius 2 is 1.92 bits per heavy atom. The van der Waals surface area contributed by atoms with Gasteiger partial charge in [0, 0.05) is 24.3 Å². The fourth-order valence-corrected chi connectivity index (χ4v) is 4.19. The summed E-state index contributed by atoms with van der Waals surface area (Å²) >= 11 is 0. The van der Waals surface area contributed by atoms with Crippen LogP contribution < -0.4 is 9.62 Å². The Morgan fingerprint density at radius 3 is 2.52 bits per heavy atom. The fraction of sp³-hybridized carbons (Fsp3) is 0.222. The highest BCUT2D eigenvalue weighted by molar-refractivity contribution is 7.92. The van der Waals surface area contributed by atoms with Gasteiger partial charge in [0.2, 0.25) is 5.91 Å². The zero-order valence-electron chi connectivity index (χ0n) is 13.9. The molecule has 1 atom stereocenters. The Hall–Kier alpha value is -2.85. The first-order valence-electron chi connectivity index (χ1n) is 7.77. The average molecular weight is 355 g/mol. The number of carbonyl (C=O) groups excluding carboxylic acids is 1. The number of nitrogens with one attached hydrogen (secondary N) is 1. The van der Waals surface area contributed by atoms with Gasteiger partial charge in [-0.3, -0.25) is 9.52 Å². The second-order valence-electron chi connectivity index (χ2n) is 6.03. The molecule has 0 spiro atoms. The molecule has 0 aromatic heterocycles. The van der Waals surface area contributed by atoms with Crippen LogP contribution in [-0.2, 0) is 21.2 Å².